The standard InChI is InChI=1S/C16H20ClN3O4S/c1-9(8-23-2)18-16-20-15(22)13(25-16)7-14(21)19-10-4-5-12(24-3)11(17)6-10/h4-6,9,13H,7-8H2,1-3H3,(H,19,21)(H,18,20,22). The maximum absolute atomic E-state index is 12.2. The van der Waals surface area contributed by atoms with Crippen molar-refractivity contribution in [2.75, 3.05) is 26.1 Å². The Balaban J connectivity index is 1.92. The molecule has 1 aromatic carbocycles. The van der Waals surface area contributed by atoms with E-state index in [1.165, 1.54) is 18.9 Å². The summed E-state index contributed by atoms with van der Waals surface area (Å²) in [5, 5.41) is 5.81. The van der Waals surface area contributed by atoms with Crippen LogP contribution in [-0.2, 0) is 14.3 Å². The summed E-state index contributed by atoms with van der Waals surface area (Å²) in [4.78, 5) is 28.5. The van der Waals surface area contributed by atoms with Crippen molar-refractivity contribution in [3.05, 3.63) is 23.2 Å². The maximum atomic E-state index is 12.2. The number of nitrogens with zero attached hydrogens (tertiary/aromatic N) is 1. The van der Waals surface area contributed by atoms with Crippen LogP contribution in [0.25, 0.3) is 0 Å². The number of thioether (sulfide) groups is 1. The Kier molecular flexibility index (Phi) is 7.10. The summed E-state index contributed by atoms with van der Waals surface area (Å²) in [5.41, 5.74) is 0.543. The molecule has 0 radical (unpaired) electrons. The fraction of sp³-hybridized carbons (Fsp3) is 0.438. The molecular weight excluding hydrogens is 366 g/mol. The monoisotopic (exact) mass is 385 g/mol. The maximum Gasteiger partial charge on any atom is 0.240 e. The Hall–Kier alpha value is -1.77. The Bertz CT molecular complexity index is 683. The normalized spacial score (nSPS) is 19.6. The second-order valence-corrected chi connectivity index (χ2v) is 7.03. The smallest absolute Gasteiger partial charge is 0.240 e. The number of nitrogens with one attached hydrogen (secondary N) is 2. The van der Waals surface area contributed by atoms with Gasteiger partial charge in [-0.2, -0.15) is 0 Å². The number of carbonyl (C=O) groups excluding carboxylic acids is 2. The van der Waals surface area contributed by atoms with Crippen LogP contribution < -0.4 is 15.4 Å². The summed E-state index contributed by atoms with van der Waals surface area (Å²) in [7, 11) is 3.11. The lowest BCUT2D eigenvalue weighted by molar-refractivity contribution is -0.122. The highest BCUT2D eigenvalue weighted by molar-refractivity contribution is 8.15. The summed E-state index contributed by atoms with van der Waals surface area (Å²) in [6, 6.07) is 4.88. The van der Waals surface area contributed by atoms with E-state index >= 15 is 0 Å². The van der Waals surface area contributed by atoms with Crippen molar-refractivity contribution in [1.82, 2.24) is 5.32 Å². The Morgan fingerprint density at radius 3 is 2.88 bits per heavy atom. The van der Waals surface area contributed by atoms with Gasteiger partial charge in [0.05, 0.1) is 24.8 Å². The number of methoxy groups -OCH3 is 2. The van der Waals surface area contributed by atoms with E-state index in [1.54, 1.807) is 25.3 Å². The topological polar surface area (TPSA) is 89.0 Å². The highest BCUT2D eigenvalue weighted by atomic mass is 35.5. The molecule has 2 atom stereocenters. The third-order valence-electron chi connectivity index (χ3n) is 3.33. The number of rotatable bonds is 7. The van der Waals surface area contributed by atoms with Crippen LogP contribution in [0.2, 0.25) is 5.02 Å². The van der Waals surface area contributed by atoms with E-state index in [-0.39, 0.29) is 24.3 Å². The average molecular weight is 386 g/mol. The van der Waals surface area contributed by atoms with Crippen molar-refractivity contribution < 1.29 is 19.1 Å². The Morgan fingerprint density at radius 1 is 1.48 bits per heavy atom. The van der Waals surface area contributed by atoms with Gasteiger partial charge in [0.1, 0.15) is 11.0 Å². The quantitative estimate of drug-likeness (QED) is 0.751. The van der Waals surface area contributed by atoms with Crippen molar-refractivity contribution in [2.45, 2.75) is 24.6 Å². The van der Waals surface area contributed by atoms with Crippen LogP contribution in [0, 0.1) is 0 Å². The molecule has 0 bridgehead atoms. The number of carbonyl (C=O) groups is 2. The zero-order valence-corrected chi connectivity index (χ0v) is 15.7. The van der Waals surface area contributed by atoms with Crippen LogP contribution in [0.1, 0.15) is 13.3 Å². The van der Waals surface area contributed by atoms with E-state index in [0.29, 0.717) is 28.2 Å². The molecule has 1 saturated heterocycles. The van der Waals surface area contributed by atoms with Gasteiger partial charge in [-0.05, 0) is 25.1 Å². The second-order valence-electron chi connectivity index (χ2n) is 5.44. The van der Waals surface area contributed by atoms with Crippen molar-refractivity contribution in [3.63, 3.8) is 0 Å². The summed E-state index contributed by atoms with van der Waals surface area (Å²) in [6.07, 6.45) is 0.0395. The van der Waals surface area contributed by atoms with Gasteiger partial charge in [0.15, 0.2) is 5.17 Å². The molecule has 2 unspecified atom stereocenters. The molecule has 9 heteroatoms. The van der Waals surface area contributed by atoms with Crippen LogP contribution in [-0.4, -0.2) is 49.1 Å². The van der Waals surface area contributed by atoms with Gasteiger partial charge in [-0.25, -0.2) is 0 Å². The number of aliphatic imine (C=N–C) groups is 1. The zero-order chi connectivity index (χ0) is 18.4. The number of halogens is 1. The first-order chi connectivity index (χ1) is 11.9. The molecule has 1 heterocycles. The van der Waals surface area contributed by atoms with Gasteiger partial charge in [0.25, 0.3) is 0 Å². The van der Waals surface area contributed by atoms with Gasteiger partial charge in [0.2, 0.25) is 11.8 Å². The molecule has 2 amide bonds. The summed E-state index contributed by atoms with van der Waals surface area (Å²) >= 11 is 7.28. The van der Waals surface area contributed by atoms with E-state index in [2.05, 4.69) is 15.6 Å². The van der Waals surface area contributed by atoms with Crippen LogP contribution in [0.5, 0.6) is 5.75 Å². The number of ether oxygens (including phenoxy) is 2. The van der Waals surface area contributed by atoms with E-state index in [0.717, 1.165) is 0 Å². The molecule has 136 valence electrons. The molecule has 1 aliphatic rings. The molecule has 0 saturated carbocycles. The number of hydrogen-bond donors (Lipinski definition) is 2. The van der Waals surface area contributed by atoms with Gasteiger partial charge in [-0.1, -0.05) is 23.4 Å². The molecule has 0 aliphatic carbocycles. The number of amides is 2. The lowest BCUT2D eigenvalue weighted by Crippen LogP contribution is -2.28. The fourth-order valence-electron chi connectivity index (χ4n) is 2.20. The first-order valence-electron chi connectivity index (χ1n) is 7.60. The average Bonchev–Trinajstić information content (AvgIpc) is 2.86. The zero-order valence-electron chi connectivity index (χ0n) is 14.2. The summed E-state index contributed by atoms with van der Waals surface area (Å²) in [6.45, 7) is 2.35. The molecule has 0 aromatic heterocycles. The molecule has 2 rings (SSSR count). The minimum absolute atomic E-state index is 0.0395. The third kappa shape index (κ3) is 5.62. The highest BCUT2D eigenvalue weighted by Gasteiger charge is 2.32. The molecular formula is C16H20ClN3O4S. The summed E-state index contributed by atoms with van der Waals surface area (Å²) < 4.78 is 10.1. The van der Waals surface area contributed by atoms with Crippen molar-refractivity contribution >= 4 is 46.0 Å². The fourth-order valence-corrected chi connectivity index (χ4v) is 3.53. The van der Waals surface area contributed by atoms with Crippen LogP contribution >= 0.6 is 23.4 Å². The molecule has 1 aromatic rings. The van der Waals surface area contributed by atoms with E-state index < -0.39 is 5.25 Å². The lowest BCUT2D eigenvalue weighted by atomic mass is 10.2. The molecule has 7 nitrogen and oxygen atoms in total. The molecule has 1 aliphatic heterocycles. The number of benzene rings is 1. The van der Waals surface area contributed by atoms with Crippen molar-refractivity contribution in [2.24, 2.45) is 4.99 Å². The van der Waals surface area contributed by atoms with Gasteiger partial charge < -0.3 is 20.1 Å². The third-order valence-corrected chi connectivity index (χ3v) is 4.72. The van der Waals surface area contributed by atoms with Gasteiger partial charge in [-0.3, -0.25) is 14.6 Å². The molecule has 25 heavy (non-hydrogen) atoms. The minimum Gasteiger partial charge on any atom is -0.495 e. The molecule has 1 fully saturated rings. The summed E-state index contributed by atoms with van der Waals surface area (Å²) in [5.74, 6) is 0.0211. The SMILES string of the molecule is COCC(C)N=C1NC(=O)C(CC(=O)Nc2ccc(OC)c(Cl)c2)S1. The second kappa shape index (κ2) is 9.07. The van der Waals surface area contributed by atoms with Crippen LogP contribution in [0.3, 0.4) is 0 Å². The van der Waals surface area contributed by atoms with Gasteiger partial charge >= 0.3 is 0 Å². The Morgan fingerprint density at radius 2 is 2.24 bits per heavy atom. The van der Waals surface area contributed by atoms with E-state index in [1.807, 2.05) is 6.92 Å². The number of hydrogen-bond acceptors (Lipinski definition) is 6. The lowest BCUT2D eigenvalue weighted by Gasteiger charge is -2.09. The predicted octanol–water partition coefficient (Wildman–Crippen LogP) is 2.30. The van der Waals surface area contributed by atoms with Crippen molar-refractivity contribution in [1.29, 1.82) is 0 Å². The largest absolute Gasteiger partial charge is 0.495 e. The van der Waals surface area contributed by atoms with Crippen LogP contribution in [0.4, 0.5) is 5.69 Å². The number of anilines is 1. The minimum atomic E-state index is -0.512. The number of amidine groups is 1. The first-order valence-corrected chi connectivity index (χ1v) is 8.86. The van der Waals surface area contributed by atoms with Crippen LogP contribution in [0.15, 0.2) is 23.2 Å². The molecule has 2 N–H and O–H groups in total. The van der Waals surface area contributed by atoms with Gasteiger partial charge in [0, 0.05) is 19.2 Å². The first kappa shape index (κ1) is 19.6. The molecule has 0 spiro atoms. The highest BCUT2D eigenvalue weighted by Crippen LogP contribution is 2.28. The Labute approximate surface area is 155 Å². The van der Waals surface area contributed by atoms with E-state index in [9.17, 15) is 9.59 Å². The predicted molar refractivity (Wildman–Crippen MR) is 99.5 cm³/mol. The van der Waals surface area contributed by atoms with Crippen molar-refractivity contribution in [3.8, 4) is 5.75 Å². The van der Waals surface area contributed by atoms with E-state index in [4.69, 9.17) is 21.1 Å². The van der Waals surface area contributed by atoms with Gasteiger partial charge in [-0.15, -0.1) is 0 Å².